The van der Waals surface area contributed by atoms with Gasteiger partial charge in [-0.2, -0.15) is 10.2 Å². The van der Waals surface area contributed by atoms with Crippen LogP contribution in [0.5, 0.6) is 0 Å². The van der Waals surface area contributed by atoms with Crippen molar-refractivity contribution in [3.8, 4) is 0 Å². The highest BCUT2D eigenvalue weighted by atomic mass is 16.3. The number of hydrogen-bond acceptors (Lipinski definition) is 6. The Bertz CT molecular complexity index is 358. The van der Waals surface area contributed by atoms with E-state index in [1.807, 2.05) is 0 Å². The zero-order chi connectivity index (χ0) is 17.2. The number of rotatable bonds is 10. The summed E-state index contributed by atoms with van der Waals surface area (Å²) in [7, 11) is 0. The van der Waals surface area contributed by atoms with Gasteiger partial charge in [0.2, 0.25) is 11.8 Å². The number of hydrogen-bond donors (Lipinski definition) is 4. The molecule has 8 heteroatoms. The molecule has 0 aromatic carbocycles. The van der Waals surface area contributed by atoms with Crippen molar-refractivity contribution in [2.24, 2.45) is 10.2 Å². The topological polar surface area (TPSA) is 123 Å². The van der Waals surface area contributed by atoms with Crippen LogP contribution in [-0.2, 0) is 9.59 Å². The molecule has 0 aliphatic heterocycles. The van der Waals surface area contributed by atoms with Crippen molar-refractivity contribution < 1.29 is 19.8 Å². The van der Waals surface area contributed by atoms with Crippen LogP contribution < -0.4 is 10.6 Å². The minimum atomic E-state index is -1.10. The molecule has 2 amide bonds. The molecular weight excluding hydrogens is 288 g/mol. The molecule has 0 saturated carbocycles. The Kier molecular flexibility index (Phi) is 8.81. The lowest BCUT2D eigenvalue weighted by Crippen LogP contribution is -2.44. The van der Waals surface area contributed by atoms with E-state index in [-0.39, 0.29) is 25.0 Å². The second-order valence-corrected chi connectivity index (χ2v) is 5.98. The Morgan fingerprint density at radius 3 is 1.41 bits per heavy atom. The number of amides is 2. The first-order chi connectivity index (χ1) is 10.2. The Hall–Kier alpha value is -1.54. The van der Waals surface area contributed by atoms with Gasteiger partial charge in [-0.1, -0.05) is 0 Å². The Morgan fingerprint density at radius 2 is 1.14 bits per heavy atom. The molecule has 0 heterocycles. The summed E-state index contributed by atoms with van der Waals surface area (Å²) in [4.78, 5) is 23.9. The summed E-state index contributed by atoms with van der Waals surface area (Å²) in [6.45, 7) is 7.13. The maximum atomic E-state index is 12.0. The van der Waals surface area contributed by atoms with Crippen LogP contribution in [0.1, 0.15) is 40.5 Å². The van der Waals surface area contributed by atoms with Crippen LogP contribution in [0.4, 0.5) is 0 Å². The minimum absolute atomic E-state index is 0.00324. The Balaban J connectivity index is 4.62. The zero-order valence-corrected chi connectivity index (χ0v) is 13.8. The number of aliphatic hydroxyl groups excluding tert-OH is 2. The number of nitrogens with one attached hydrogen (secondary N) is 2. The van der Waals surface area contributed by atoms with E-state index in [9.17, 15) is 9.59 Å². The molecule has 0 spiro atoms. The summed E-state index contributed by atoms with van der Waals surface area (Å²) in [6.07, 6.45) is 0.940. The highest BCUT2D eigenvalue weighted by Crippen LogP contribution is 2.16. The second kappa shape index (κ2) is 9.47. The molecule has 0 radical (unpaired) electrons. The third-order valence-corrected chi connectivity index (χ3v) is 2.90. The first-order valence-corrected chi connectivity index (χ1v) is 7.40. The highest BCUT2D eigenvalue weighted by Gasteiger charge is 2.31. The van der Waals surface area contributed by atoms with Crippen molar-refractivity contribution in [2.75, 3.05) is 26.3 Å². The number of aliphatic hydroxyl groups is 2. The number of carbonyl (C=O) groups excluding carboxylic acids is 2. The zero-order valence-electron chi connectivity index (χ0n) is 13.8. The molecule has 0 aliphatic carbocycles. The fraction of sp³-hybridized carbons (Fsp3) is 0.857. The van der Waals surface area contributed by atoms with Gasteiger partial charge >= 0.3 is 0 Å². The lowest BCUT2D eigenvalue weighted by molar-refractivity contribution is -0.127. The van der Waals surface area contributed by atoms with Gasteiger partial charge in [-0.25, -0.2) is 0 Å². The number of azo groups is 1. The van der Waals surface area contributed by atoms with Crippen molar-refractivity contribution >= 4 is 11.8 Å². The molecule has 0 atom stereocenters. The van der Waals surface area contributed by atoms with Crippen molar-refractivity contribution in [3.05, 3.63) is 0 Å². The van der Waals surface area contributed by atoms with Crippen LogP contribution in [0.3, 0.4) is 0 Å². The molecule has 0 fully saturated rings. The summed E-state index contributed by atoms with van der Waals surface area (Å²) in [6, 6.07) is 0. The molecule has 22 heavy (non-hydrogen) atoms. The molecule has 8 nitrogen and oxygen atoms in total. The predicted molar refractivity (Wildman–Crippen MR) is 82.4 cm³/mol. The van der Waals surface area contributed by atoms with Crippen LogP contribution in [0.15, 0.2) is 10.2 Å². The van der Waals surface area contributed by atoms with E-state index in [1.165, 1.54) is 0 Å². The second-order valence-electron chi connectivity index (χ2n) is 5.98. The van der Waals surface area contributed by atoms with E-state index in [4.69, 9.17) is 10.2 Å². The van der Waals surface area contributed by atoms with Gasteiger partial charge in [-0.05, 0) is 40.5 Å². The fourth-order valence-corrected chi connectivity index (χ4v) is 1.34. The molecule has 0 aromatic heterocycles. The lowest BCUT2D eigenvalue weighted by atomic mass is 10.0. The summed E-state index contributed by atoms with van der Waals surface area (Å²) in [5.41, 5.74) is -2.20. The van der Waals surface area contributed by atoms with Gasteiger partial charge in [0.15, 0.2) is 11.1 Å². The molecule has 128 valence electrons. The average Bonchev–Trinajstić information content (AvgIpc) is 2.45. The van der Waals surface area contributed by atoms with E-state index >= 15 is 0 Å². The maximum absolute atomic E-state index is 12.0. The summed E-state index contributed by atoms with van der Waals surface area (Å²) in [5, 5.41) is 30.7. The highest BCUT2D eigenvalue weighted by molar-refractivity contribution is 5.86. The van der Waals surface area contributed by atoms with Crippen molar-refractivity contribution in [2.45, 2.75) is 51.6 Å². The van der Waals surface area contributed by atoms with Crippen molar-refractivity contribution in [3.63, 3.8) is 0 Å². The average molecular weight is 316 g/mol. The molecule has 0 unspecified atom stereocenters. The van der Waals surface area contributed by atoms with Crippen LogP contribution in [-0.4, -0.2) is 59.4 Å². The smallest absolute Gasteiger partial charge is 0.249 e. The fourth-order valence-electron chi connectivity index (χ4n) is 1.34. The van der Waals surface area contributed by atoms with E-state index in [0.29, 0.717) is 25.9 Å². The van der Waals surface area contributed by atoms with Gasteiger partial charge in [-0.3, -0.25) is 9.59 Å². The Morgan fingerprint density at radius 1 is 0.818 bits per heavy atom. The monoisotopic (exact) mass is 316 g/mol. The maximum Gasteiger partial charge on any atom is 0.249 e. The van der Waals surface area contributed by atoms with Crippen LogP contribution in [0, 0.1) is 0 Å². The normalized spacial score (nSPS) is 12.5. The Labute approximate surface area is 131 Å². The van der Waals surface area contributed by atoms with Crippen molar-refractivity contribution in [1.29, 1.82) is 0 Å². The van der Waals surface area contributed by atoms with E-state index in [1.54, 1.807) is 27.7 Å². The van der Waals surface area contributed by atoms with E-state index in [0.717, 1.165) is 0 Å². The van der Waals surface area contributed by atoms with Crippen LogP contribution in [0.2, 0.25) is 0 Å². The van der Waals surface area contributed by atoms with Crippen molar-refractivity contribution in [1.82, 2.24) is 10.6 Å². The molecule has 0 saturated heterocycles. The molecule has 4 N–H and O–H groups in total. The quantitative estimate of drug-likeness (QED) is 0.334. The minimum Gasteiger partial charge on any atom is -0.396 e. The SMILES string of the molecule is CC(C)(N=NC(C)(C)C(=O)NCCCO)C(=O)NCCCO. The summed E-state index contributed by atoms with van der Waals surface area (Å²) >= 11 is 0. The summed E-state index contributed by atoms with van der Waals surface area (Å²) < 4.78 is 0. The summed E-state index contributed by atoms with van der Waals surface area (Å²) in [5.74, 6) is -0.637. The molecule has 0 aromatic rings. The molecule has 0 rings (SSSR count). The largest absolute Gasteiger partial charge is 0.396 e. The number of nitrogens with zero attached hydrogens (tertiary/aromatic N) is 2. The van der Waals surface area contributed by atoms with Gasteiger partial charge in [0, 0.05) is 26.3 Å². The van der Waals surface area contributed by atoms with E-state index < -0.39 is 11.1 Å². The predicted octanol–water partition coefficient (Wildman–Crippen LogP) is -0.00700. The van der Waals surface area contributed by atoms with Gasteiger partial charge in [-0.15, -0.1) is 0 Å². The molecular formula is C14H28N4O4. The molecule has 0 bridgehead atoms. The third kappa shape index (κ3) is 7.46. The van der Waals surface area contributed by atoms with Crippen LogP contribution >= 0.6 is 0 Å². The first kappa shape index (κ1) is 20.5. The lowest BCUT2D eigenvalue weighted by Gasteiger charge is -2.22. The third-order valence-electron chi connectivity index (χ3n) is 2.90. The first-order valence-electron chi connectivity index (χ1n) is 7.40. The molecule has 0 aliphatic rings. The van der Waals surface area contributed by atoms with Gasteiger partial charge < -0.3 is 20.8 Å². The van der Waals surface area contributed by atoms with E-state index in [2.05, 4.69) is 20.9 Å². The van der Waals surface area contributed by atoms with Crippen LogP contribution in [0.25, 0.3) is 0 Å². The van der Waals surface area contributed by atoms with Gasteiger partial charge in [0.25, 0.3) is 0 Å². The van der Waals surface area contributed by atoms with Gasteiger partial charge in [0.05, 0.1) is 0 Å². The number of carbonyl (C=O) groups is 2. The standard InChI is InChI=1S/C14H28N4O4/c1-13(2,11(21)15-7-5-9-19)17-18-14(3,4)12(22)16-8-6-10-20/h19-20H,5-10H2,1-4H3,(H,15,21)(H,16,22). The van der Waals surface area contributed by atoms with Gasteiger partial charge in [0.1, 0.15) is 0 Å².